The van der Waals surface area contributed by atoms with Crippen molar-refractivity contribution in [1.29, 1.82) is 0 Å². The summed E-state index contributed by atoms with van der Waals surface area (Å²) in [5.41, 5.74) is 1.31. The lowest BCUT2D eigenvalue weighted by Gasteiger charge is -2.20. The molecule has 2 heteroatoms. The first-order valence-electron chi connectivity index (χ1n) is 8.47. The van der Waals surface area contributed by atoms with Crippen molar-refractivity contribution >= 4 is 17.8 Å². The highest BCUT2D eigenvalue weighted by Gasteiger charge is 2.14. The van der Waals surface area contributed by atoms with Gasteiger partial charge < -0.3 is 4.90 Å². The van der Waals surface area contributed by atoms with E-state index in [1.165, 1.54) is 42.6 Å². The maximum Gasteiger partial charge on any atom is 0.0166 e. The maximum atomic E-state index is 2.42. The van der Waals surface area contributed by atoms with Gasteiger partial charge in [-0.1, -0.05) is 57.4 Å². The molecular weight excluding hydrogens is 274 g/mol. The molecule has 1 aromatic rings. The maximum absolute atomic E-state index is 2.42. The molecule has 1 aliphatic rings. The molecule has 0 atom stereocenters. The van der Waals surface area contributed by atoms with Gasteiger partial charge in [0.1, 0.15) is 0 Å². The summed E-state index contributed by atoms with van der Waals surface area (Å²) < 4.78 is 0. The van der Waals surface area contributed by atoms with E-state index in [1.54, 1.807) is 0 Å². The van der Waals surface area contributed by atoms with Crippen molar-refractivity contribution in [3.63, 3.8) is 0 Å². The quantitative estimate of drug-likeness (QED) is 0.657. The molecule has 0 radical (unpaired) electrons. The van der Waals surface area contributed by atoms with E-state index >= 15 is 0 Å². The van der Waals surface area contributed by atoms with Crippen LogP contribution >= 0.6 is 11.8 Å². The molecule has 116 valence electrons. The minimum absolute atomic E-state index is 0.850. The number of benzene rings is 1. The van der Waals surface area contributed by atoms with Crippen molar-refractivity contribution in [1.82, 2.24) is 4.90 Å². The number of likely N-dealkylation sites (N-methyl/N-ethyl adjacent to an activating group) is 1. The van der Waals surface area contributed by atoms with E-state index in [9.17, 15) is 0 Å². The van der Waals surface area contributed by atoms with Crippen LogP contribution in [0.1, 0.15) is 51.5 Å². The summed E-state index contributed by atoms with van der Waals surface area (Å²) in [5, 5.41) is 0.850. The van der Waals surface area contributed by atoms with Crippen LogP contribution in [0.25, 0.3) is 6.08 Å². The summed E-state index contributed by atoms with van der Waals surface area (Å²) >= 11 is 2.08. The summed E-state index contributed by atoms with van der Waals surface area (Å²) in [4.78, 5) is 3.85. The van der Waals surface area contributed by atoms with Crippen LogP contribution < -0.4 is 0 Å². The standard InChI is InChI=1S/C19H29NS/c1-3-20(4-2)16-8-9-17-12-14-19(15-13-17)21-18-10-6-5-7-11-18/h8-9,12-15,18H,3-7,10-11,16H2,1-2H3. The third-order valence-electron chi connectivity index (χ3n) is 4.30. The van der Waals surface area contributed by atoms with Crippen LogP contribution in [0.5, 0.6) is 0 Å². The molecule has 0 unspecified atom stereocenters. The Morgan fingerprint density at radius 3 is 2.33 bits per heavy atom. The van der Waals surface area contributed by atoms with Crippen molar-refractivity contribution in [3.05, 3.63) is 35.9 Å². The van der Waals surface area contributed by atoms with E-state index in [0.29, 0.717) is 0 Å². The van der Waals surface area contributed by atoms with Gasteiger partial charge in [0.25, 0.3) is 0 Å². The summed E-state index contributed by atoms with van der Waals surface area (Å²) in [5.74, 6) is 0. The molecule has 2 rings (SSSR count). The zero-order valence-electron chi connectivity index (χ0n) is 13.6. The highest BCUT2D eigenvalue weighted by atomic mass is 32.2. The van der Waals surface area contributed by atoms with Gasteiger partial charge in [-0.15, -0.1) is 11.8 Å². The van der Waals surface area contributed by atoms with Gasteiger partial charge in [-0.3, -0.25) is 0 Å². The fourth-order valence-corrected chi connectivity index (χ4v) is 4.10. The SMILES string of the molecule is CCN(CC)CC=Cc1ccc(SC2CCCCC2)cc1. The van der Waals surface area contributed by atoms with E-state index < -0.39 is 0 Å². The Hall–Kier alpha value is -0.730. The Bertz CT molecular complexity index is 414. The lowest BCUT2D eigenvalue weighted by Crippen LogP contribution is -2.22. The lowest BCUT2D eigenvalue weighted by atomic mass is 10.0. The lowest BCUT2D eigenvalue weighted by molar-refractivity contribution is 0.338. The molecular formula is C19H29NS. The Kier molecular flexibility index (Phi) is 7.38. The van der Waals surface area contributed by atoms with Crippen LogP contribution in [-0.4, -0.2) is 29.8 Å². The third-order valence-corrected chi connectivity index (χ3v) is 5.65. The van der Waals surface area contributed by atoms with Gasteiger partial charge in [0, 0.05) is 16.7 Å². The summed E-state index contributed by atoms with van der Waals surface area (Å²) in [6.45, 7) is 7.73. The predicted molar refractivity (Wildman–Crippen MR) is 96.0 cm³/mol. The molecule has 1 aromatic carbocycles. The van der Waals surface area contributed by atoms with Gasteiger partial charge >= 0.3 is 0 Å². The summed E-state index contributed by atoms with van der Waals surface area (Å²) in [6.07, 6.45) is 11.6. The topological polar surface area (TPSA) is 3.24 Å². The zero-order chi connectivity index (χ0) is 14.9. The third kappa shape index (κ3) is 5.88. The molecule has 21 heavy (non-hydrogen) atoms. The molecule has 0 amide bonds. The number of hydrogen-bond donors (Lipinski definition) is 0. The fourth-order valence-electron chi connectivity index (χ4n) is 2.85. The molecule has 0 heterocycles. The van der Waals surface area contributed by atoms with Crippen LogP contribution in [0.2, 0.25) is 0 Å². The number of hydrogen-bond acceptors (Lipinski definition) is 2. The monoisotopic (exact) mass is 303 g/mol. The molecule has 0 spiro atoms. The predicted octanol–water partition coefficient (Wildman–Crippen LogP) is 5.47. The Morgan fingerprint density at radius 1 is 1.05 bits per heavy atom. The molecule has 1 aliphatic carbocycles. The highest BCUT2D eigenvalue weighted by molar-refractivity contribution is 8.00. The van der Waals surface area contributed by atoms with Crippen LogP contribution in [0.4, 0.5) is 0 Å². The first-order valence-corrected chi connectivity index (χ1v) is 9.35. The van der Waals surface area contributed by atoms with Crippen molar-refractivity contribution < 1.29 is 0 Å². The minimum Gasteiger partial charge on any atom is -0.300 e. The molecule has 1 fully saturated rings. The zero-order valence-corrected chi connectivity index (χ0v) is 14.4. The van der Waals surface area contributed by atoms with Gasteiger partial charge in [-0.05, 0) is 43.6 Å². The van der Waals surface area contributed by atoms with E-state index in [-0.39, 0.29) is 0 Å². The number of rotatable bonds is 7. The van der Waals surface area contributed by atoms with Crippen LogP contribution in [0.15, 0.2) is 35.2 Å². The molecule has 0 N–H and O–H groups in total. The smallest absolute Gasteiger partial charge is 0.0166 e. The number of thioether (sulfide) groups is 1. The van der Waals surface area contributed by atoms with Gasteiger partial charge in [0.15, 0.2) is 0 Å². The van der Waals surface area contributed by atoms with Gasteiger partial charge in [0.2, 0.25) is 0 Å². The Balaban J connectivity index is 1.82. The van der Waals surface area contributed by atoms with Crippen molar-refractivity contribution in [2.45, 2.75) is 56.1 Å². The summed E-state index contributed by atoms with van der Waals surface area (Å²) in [6, 6.07) is 9.08. The van der Waals surface area contributed by atoms with Crippen LogP contribution in [0, 0.1) is 0 Å². The van der Waals surface area contributed by atoms with Gasteiger partial charge in [-0.25, -0.2) is 0 Å². The van der Waals surface area contributed by atoms with Gasteiger partial charge in [0.05, 0.1) is 0 Å². The van der Waals surface area contributed by atoms with E-state index in [2.05, 4.69) is 66.9 Å². The van der Waals surface area contributed by atoms with Crippen LogP contribution in [0.3, 0.4) is 0 Å². The van der Waals surface area contributed by atoms with E-state index in [1.807, 2.05) is 0 Å². The molecule has 0 aliphatic heterocycles. The average Bonchev–Trinajstić information content (AvgIpc) is 2.54. The Morgan fingerprint density at radius 2 is 1.71 bits per heavy atom. The number of nitrogens with zero attached hydrogens (tertiary/aromatic N) is 1. The summed E-state index contributed by atoms with van der Waals surface area (Å²) in [7, 11) is 0. The molecule has 0 bridgehead atoms. The van der Waals surface area contributed by atoms with Crippen molar-refractivity contribution in [2.24, 2.45) is 0 Å². The molecule has 0 aromatic heterocycles. The van der Waals surface area contributed by atoms with E-state index in [4.69, 9.17) is 0 Å². The highest BCUT2D eigenvalue weighted by Crippen LogP contribution is 2.33. The second-order valence-electron chi connectivity index (χ2n) is 5.84. The first kappa shape index (κ1) is 16.6. The molecule has 1 nitrogen and oxygen atoms in total. The minimum atomic E-state index is 0.850. The Labute approximate surface area is 134 Å². The van der Waals surface area contributed by atoms with Crippen LogP contribution in [-0.2, 0) is 0 Å². The second kappa shape index (κ2) is 9.32. The largest absolute Gasteiger partial charge is 0.300 e. The first-order chi connectivity index (χ1) is 10.3. The fraction of sp³-hybridized carbons (Fsp3) is 0.579. The van der Waals surface area contributed by atoms with E-state index in [0.717, 1.165) is 24.9 Å². The normalized spacial score (nSPS) is 16.9. The van der Waals surface area contributed by atoms with Crippen molar-refractivity contribution in [3.8, 4) is 0 Å². The molecule has 1 saturated carbocycles. The average molecular weight is 304 g/mol. The second-order valence-corrected chi connectivity index (χ2v) is 7.21. The molecule has 0 saturated heterocycles. The van der Waals surface area contributed by atoms with Gasteiger partial charge in [-0.2, -0.15) is 0 Å². The van der Waals surface area contributed by atoms with Crippen molar-refractivity contribution in [2.75, 3.05) is 19.6 Å².